The SMILES string of the molecule is CC(C)C1(C)NC(=O)C(c2ccc(Cl)cc2Cl)=C1O. The van der Waals surface area contributed by atoms with Gasteiger partial charge in [-0.25, -0.2) is 0 Å². The summed E-state index contributed by atoms with van der Waals surface area (Å²) >= 11 is 11.9. The second-order valence-corrected chi connectivity index (χ2v) is 6.00. The summed E-state index contributed by atoms with van der Waals surface area (Å²) in [5, 5.41) is 14.0. The molecule has 1 heterocycles. The van der Waals surface area contributed by atoms with Gasteiger partial charge in [-0.15, -0.1) is 0 Å². The van der Waals surface area contributed by atoms with E-state index >= 15 is 0 Å². The number of hydrogen-bond donors (Lipinski definition) is 2. The zero-order valence-corrected chi connectivity index (χ0v) is 12.4. The van der Waals surface area contributed by atoms with Crippen LogP contribution in [0.1, 0.15) is 26.3 Å². The fourth-order valence-electron chi connectivity index (χ4n) is 2.08. The minimum absolute atomic E-state index is 0.0247. The summed E-state index contributed by atoms with van der Waals surface area (Å²) < 4.78 is 0. The molecule has 0 saturated heterocycles. The number of amides is 1. The van der Waals surface area contributed by atoms with Crippen molar-refractivity contribution in [1.29, 1.82) is 0 Å². The second-order valence-electron chi connectivity index (χ2n) is 5.16. The van der Waals surface area contributed by atoms with Crippen LogP contribution in [0, 0.1) is 5.92 Å². The van der Waals surface area contributed by atoms with E-state index < -0.39 is 5.54 Å². The maximum Gasteiger partial charge on any atom is 0.256 e. The number of hydrogen-bond acceptors (Lipinski definition) is 2. The van der Waals surface area contributed by atoms with Crippen molar-refractivity contribution in [3.05, 3.63) is 39.6 Å². The number of rotatable bonds is 2. The van der Waals surface area contributed by atoms with Crippen LogP contribution in [-0.2, 0) is 4.79 Å². The molecular weight excluding hydrogens is 285 g/mol. The molecule has 2 N–H and O–H groups in total. The molecule has 0 radical (unpaired) electrons. The van der Waals surface area contributed by atoms with E-state index in [0.717, 1.165) is 0 Å². The van der Waals surface area contributed by atoms with Crippen LogP contribution in [-0.4, -0.2) is 16.6 Å². The highest BCUT2D eigenvalue weighted by Gasteiger charge is 2.44. The van der Waals surface area contributed by atoms with Crippen LogP contribution in [0.25, 0.3) is 5.57 Å². The lowest BCUT2D eigenvalue weighted by Crippen LogP contribution is -2.46. The van der Waals surface area contributed by atoms with Gasteiger partial charge in [0.25, 0.3) is 5.91 Å². The van der Waals surface area contributed by atoms with Gasteiger partial charge < -0.3 is 10.4 Å². The van der Waals surface area contributed by atoms with E-state index in [4.69, 9.17) is 23.2 Å². The molecule has 0 bridgehead atoms. The van der Waals surface area contributed by atoms with E-state index in [1.165, 1.54) is 0 Å². The third-order valence-electron chi connectivity index (χ3n) is 3.68. The van der Waals surface area contributed by atoms with Crippen molar-refractivity contribution >= 4 is 34.7 Å². The normalized spacial score (nSPS) is 23.2. The maximum atomic E-state index is 12.1. The average Bonchev–Trinajstić information content (AvgIpc) is 2.53. The van der Waals surface area contributed by atoms with Gasteiger partial charge in [-0.1, -0.05) is 43.1 Å². The predicted molar refractivity (Wildman–Crippen MR) is 77.4 cm³/mol. The second kappa shape index (κ2) is 4.73. The lowest BCUT2D eigenvalue weighted by Gasteiger charge is -2.29. The summed E-state index contributed by atoms with van der Waals surface area (Å²) in [5.74, 6) is -0.241. The van der Waals surface area contributed by atoms with Crippen LogP contribution in [0.3, 0.4) is 0 Å². The van der Waals surface area contributed by atoms with Crippen LogP contribution in [0.2, 0.25) is 10.0 Å². The van der Waals surface area contributed by atoms with Crippen LogP contribution >= 0.6 is 23.2 Å². The molecule has 5 heteroatoms. The van der Waals surface area contributed by atoms with Crippen LogP contribution in [0.5, 0.6) is 0 Å². The molecule has 1 amide bonds. The van der Waals surface area contributed by atoms with Gasteiger partial charge in [0.05, 0.1) is 16.1 Å². The predicted octanol–water partition coefficient (Wildman–Crippen LogP) is 3.81. The fourth-order valence-corrected chi connectivity index (χ4v) is 2.59. The first-order valence-electron chi connectivity index (χ1n) is 5.99. The average molecular weight is 300 g/mol. The Labute approximate surface area is 122 Å². The smallest absolute Gasteiger partial charge is 0.256 e. The maximum absolute atomic E-state index is 12.1. The quantitative estimate of drug-likeness (QED) is 0.872. The Kier molecular flexibility index (Phi) is 3.54. The highest BCUT2D eigenvalue weighted by Crippen LogP contribution is 2.38. The molecule has 1 atom stereocenters. The van der Waals surface area contributed by atoms with Crippen molar-refractivity contribution in [2.24, 2.45) is 5.92 Å². The topological polar surface area (TPSA) is 49.3 Å². The molecule has 1 aromatic carbocycles. The highest BCUT2D eigenvalue weighted by molar-refractivity contribution is 6.37. The molecule has 0 saturated carbocycles. The third-order valence-corrected chi connectivity index (χ3v) is 4.23. The Hall–Kier alpha value is -1.19. The van der Waals surface area contributed by atoms with E-state index in [2.05, 4.69) is 5.32 Å². The Morgan fingerprint density at radius 1 is 1.32 bits per heavy atom. The van der Waals surface area contributed by atoms with E-state index in [9.17, 15) is 9.90 Å². The lowest BCUT2D eigenvalue weighted by molar-refractivity contribution is -0.116. The Balaban J connectivity index is 2.60. The van der Waals surface area contributed by atoms with Gasteiger partial charge in [-0.3, -0.25) is 4.79 Å². The fraction of sp³-hybridized carbons (Fsp3) is 0.357. The number of carbonyl (C=O) groups excluding carboxylic acids is 1. The van der Waals surface area contributed by atoms with Gasteiger partial charge >= 0.3 is 0 Å². The monoisotopic (exact) mass is 299 g/mol. The van der Waals surface area contributed by atoms with E-state index in [-0.39, 0.29) is 23.2 Å². The van der Waals surface area contributed by atoms with E-state index in [1.54, 1.807) is 25.1 Å². The van der Waals surface area contributed by atoms with Gasteiger partial charge in [0, 0.05) is 10.6 Å². The van der Waals surface area contributed by atoms with Gasteiger partial charge in [-0.05, 0) is 25.0 Å². The molecule has 0 aromatic heterocycles. The number of halogens is 2. The van der Waals surface area contributed by atoms with Gasteiger partial charge in [0.1, 0.15) is 5.76 Å². The summed E-state index contributed by atoms with van der Waals surface area (Å²) in [6.07, 6.45) is 0. The Bertz CT molecular complexity index is 581. The summed E-state index contributed by atoms with van der Waals surface area (Å²) in [6.45, 7) is 5.66. The van der Waals surface area contributed by atoms with Crippen molar-refractivity contribution in [2.45, 2.75) is 26.3 Å². The first-order chi connectivity index (χ1) is 8.77. The van der Waals surface area contributed by atoms with Crippen molar-refractivity contribution in [3.63, 3.8) is 0 Å². The zero-order valence-electron chi connectivity index (χ0n) is 10.9. The molecule has 0 spiro atoms. The highest BCUT2D eigenvalue weighted by atomic mass is 35.5. The first-order valence-corrected chi connectivity index (χ1v) is 6.74. The van der Waals surface area contributed by atoms with Crippen LogP contribution < -0.4 is 5.32 Å². The molecule has 0 aliphatic carbocycles. The van der Waals surface area contributed by atoms with E-state index in [0.29, 0.717) is 15.6 Å². The zero-order chi connectivity index (χ0) is 14.4. The summed E-state index contributed by atoms with van der Waals surface area (Å²) in [4.78, 5) is 12.1. The molecule has 3 nitrogen and oxygen atoms in total. The van der Waals surface area contributed by atoms with Crippen molar-refractivity contribution < 1.29 is 9.90 Å². The van der Waals surface area contributed by atoms with Gasteiger partial charge in [-0.2, -0.15) is 0 Å². The molecule has 1 unspecified atom stereocenters. The minimum atomic E-state index is -0.768. The standard InChI is InChI=1S/C14H15Cl2NO2/c1-7(2)14(3)12(18)11(13(19)17-14)9-5-4-8(15)6-10(9)16/h4-7,18H,1-3H3,(H,17,19). The lowest BCUT2D eigenvalue weighted by atomic mass is 9.86. The number of carbonyl (C=O) groups is 1. The number of benzene rings is 1. The van der Waals surface area contributed by atoms with Crippen molar-refractivity contribution in [2.75, 3.05) is 0 Å². The van der Waals surface area contributed by atoms with Crippen LogP contribution in [0.4, 0.5) is 0 Å². The number of nitrogens with one attached hydrogen (secondary N) is 1. The first kappa shape index (κ1) is 14.2. The molecule has 0 fully saturated rings. The molecule has 1 aliphatic heterocycles. The van der Waals surface area contributed by atoms with Gasteiger partial charge in [0.15, 0.2) is 0 Å². The molecule has 1 aliphatic rings. The van der Waals surface area contributed by atoms with Crippen LogP contribution in [0.15, 0.2) is 24.0 Å². The summed E-state index contributed by atoms with van der Waals surface area (Å²) in [6, 6.07) is 4.83. The molecule has 102 valence electrons. The largest absolute Gasteiger partial charge is 0.509 e. The molecule has 19 heavy (non-hydrogen) atoms. The Morgan fingerprint density at radius 3 is 2.42 bits per heavy atom. The number of aliphatic hydroxyl groups excluding tert-OH is 1. The van der Waals surface area contributed by atoms with Gasteiger partial charge in [0.2, 0.25) is 0 Å². The molecule has 1 aromatic rings. The summed E-state index contributed by atoms with van der Waals surface area (Å²) in [5.41, 5.74) is -0.0571. The minimum Gasteiger partial charge on any atom is -0.509 e. The van der Waals surface area contributed by atoms with Crippen molar-refractivity contribution in [1.82, 2.24) is 5.32 Å². The molecular formula is C14H15Cl2NO2. The number of aliphatic hydroxyl groups is 1. The van der Waals surface area contributed by atoms with Crippen molar-refractivity contribution in [3.8, 4) is 0 Å². The summed E-state index contributed by atoms with van der Waals surface area (Å²) in [7, 11) is 0. The van der Waals surface area contributed by atoms with E-state index in [1.807, 2.05) is 13.8 Å². The third kappa shape index (κ3) is 2.21. The molecule has 2 rings (SSSR count). The Morgan fingerprint density at radius 2 is 1.95 bits per heavy atom.